The molecule has 1 aliphatic rings. The van der Waals surface area contributed by atoms with E-state index < -0.39 is 20.5 Å². The van der Waals surface area contributed by atoms with Gasteiger partial charge in [0.05, 0.1) is 12.1 Å². The minimum atomic E-state index is -1.90. The second kappa shape index (κ2) is 5.62. The number of amides is 1. The van der Waals surface area contributed by atoms with E-state index in [0.29, 0.717) is 13.0 Å². The predicted molar refractivity (Wildman–Crippen MR) is 75.9 cm³/mol. The Morgan fingerprint density at radius 1 is 1.37 bits per heavy atom. The Bertz CT molecular complexity index is 351. The molecule has 19 heavy (non-hydrogen) atoms. The van der Waals surface area contributed by atoms with Gasteiger partial charge >= 0.3 is 6.09 Å². The SMILES string of the molecule is CC(C)(C)[Si](C)(C)O[C@@H]1CC[C@H](C=O)N(C(=O)O)C1. The highest BCUT2D eigenvalue weighted by Gasteiger charge is 2.41. The molecule has 2 atom stereocenters. The van der Waals surface area contributed by atoms with Gasteiger partial charge in [0, 0.05) is 6.54 Å². The Morgan fingerprint density at radius 3 is 2.37 bits per heavy atom. The number of carbonyl (C=O) groups is 2. The molecule has 1 rings (SSSR count). The molecule has 1 heterocycles. The first-order valence-electron chi connectivity index (χ1n) is 6.71. The highest BCUT2D eigenvalue weighted by atomic mass is 28.4. The molecule has 0 aromatic carbocycles. The van der Waals surface area contributed by atoms with E-state index in [1.807, 2.05) is 0 Å². The zero-order chi connectivity index (χ0) is 14.8. The fourth-order valence-electron chi connectivity index (χ4n) is 2.01. The van der Waals surface area contributed by atoms with Crippen molar-refractivity contribution in [3.05, 3.63) is 0 Å². The van der Waals surface area contributed by atoms with Crippen LogP contribution in [-0.4, -0.2) is 49.4 Å². The smallest absolute Gasteiger partial charge is 0.407 e. The van der Waals surface area contributed by atoms with Crippen LogP contribution < -0.4 is 0 Å². The first-order valence-corrected chi connectivity index (χ1v) is 9.62. The summed E-state index contributed by atoms with van der Waals surface area (Å²) in [5.74, 6) is 0. The van der Waals surface area contributed by atoms with Crippen LogP contribution in [0, 0.1) is 0 Å². The Morgan fingerprint density at radius 2 is 1.95 bits per heavy atom. The van der Waals surface area contributed by atoms with Crippen LogP contribution in [0.5, 0.6) is 0 Å². The van der Waals surface area contributed by atoms with Gasteiger partial charge in [0.15, 0.2) is 8.32 Å². The average Bonchev–Trinajstić information content (AvgIpc) is 2.26. The van der Waals surface area contributed by atoms with Crippen LogP contribution in [0.25, 0.3) is 0 Å². The molecule has 0 radical (unpaired) electrons. The third-order valence-corrected chi connectivity index (χ3v) is 8.79. The van der Waals surface area contributed by atoms with Gasteiger partial charge in [-0.15, -0.1) is 0 Å². The van der Waals surface area contributed by atoms with Crippen molar-refractivity contribution in [2.75, 3.05) is 6.54 Å². The van der Waals surface area contributed by atoms with Crippen molar-refractivity contribution >= 4 is 20.7 Å². The largest absolute Gasteiger partial charge is 0.465 e. The van der Waals surface area contributed by atoms with E-state index in [2.05, 4.69) is 33.9 Å². The molecule has 1 aliphatic heterocycles. The third kappa shape index (κ3) is 3.79. The number of nitrogens with zero attached hydrogens (tertiary/aromatic N) is 1. The molecule has 0 bridgehead atoms. The number of aldehydes is 1. The van der Waals surface area contributed by atoms with E-state index in [1.165, 1.54) is 4.90 Å². The molecule has 1 fully saturated rings. The summed E-state index contributed by atoms with van der Waals surface area (Å²) in [5, 5.41) is 9.24. The van der Waals surface area contributed by atoms with Gasteiger partial charge in [0.2, 0.25) is 0 Å². The monoisotopic (exact) mass is 287 g/mol. The number of carbonyl (C=O) groups excluding carboxylic acids is 1. The molecule has 1 saturated heterocycles. The van der Waals surface area contributed by atoms with Crippen LogP contribution in [0.3, 0.4) is 0 Å². The van der Waals surface area contributed by atoms with E-state index in [1.54, 1.807) is 0 Å². The lowest BCUT2D eigenvalue weighted by Crippen LogP contribution is -2.53. The van der Waals surface area contributed by atoms with Gasteiger partial charge in [-0.3, -0.25) is 4.90 Å². The molecule has 0 aliphatic carbocycles. The molecule has 0 saturated carbocycles. The zero-order valence-electron chi connectivity index (χ0n) is 12.5. The molecule has 110 valence electrons. The number of rotatable bonds is 3. The molecular weight excluding hydrogens is 262 g/mol. The lowest BCUT2D eigenvalue weighted by molar-refractivity contribution is -0.113. The van der Waals surface area contributed by atoms with Gasteiger partial charge in [0.25, 0.3) is 0 Å². The minimum Gasteiger partial charge on any atom is -0.465 e. The summed E-state index contributed by atoms with van der Waals surface area (Å²) in [7, 11) is -1.90. The Kier molecular flexibility index (Phi) is 4.79. The maximum atomic E-state index is 11.2. The van der Waals surface area contributed by atoms with Crippen LogP contribution in [0.1, 0.15) is 33.6 Å². The van der Waals surface area contributed by atoms with Crippen LogP contribution in [-0.2, 0) is 9.22 Å². The van der Waals surface area contributed by atoms with Crippen LogP contribution in [0.15, 0.2) is 0 Å². The van der Waals surface area contributed by atoms with Gasteiger partial charge in [-0.1, -0.05) is 20.8 Å². The van der Waals surface area contributed by atoms with Crippen molar-refractivity contribution in [1.82, 2.24) is 4.90 Å². The van der Waals surface area contributed by atoms with E-state index >= 15 is 0 Å². The summed E-state index contributed by atoms with van der Waals surface area (Å²) >= 11 is 0. The van der Waals surface area contributed by atoms with Crippen molar-refractivity contribution in [1.29, 1.82) is 0 Å². The summed E-state index contributed by atoms with van der Waals surface area (Å²) < 4.78 is 6.23. The third-order valence-electron chi connectivity index (χ3n) is 4.26. The molecule has 1 amide bonds. The van der Waals surface area contributed by atoms with Crippen molar-refractivity contribution in [2.24, 2.45) is 0 Å². The van der Waals surface area contributed by atoms with E-state index in [9.17, 15) is 9.59 Å². The maximum Gasteiger partial charge on any atom is 0.407 e. The summed E-state index contributed by atoms with van der Waals surface area (Å²) in [6.07, 6.45) is 0.889. The number of carboxylic acid groups (broad SMARTS) is 1. The average molecular weight is 287 g/mol. The van der Waals surface area contributed by atoms with Gasteiger partial charge in [0.1, 0.15) is 6.29 Å². The van der Waals surface area contributed by atoms with Crippen LogP contribution in [0.2, 0.25) is 18.1 Å². The highest BCUT2D eigenvalue weighted by Crippen LogP contribution is 2.38. The minimum absolute atomic E-state index is 0.0896. The standard InChI is InChI=1S/C13H25NO4Si/c1-13(2,3)19(4,5)18-11-7-6-10(9-15)14(8-11)12(16)17/h9-11H,6-8H2,1-5H3,(H,16,17)/t10-,11-/m1/s1. The zero-order valence-corrected chi connectivity index (χ0v) is 13.5. The fourth-order valence-corrected chi connectivity index (χ4v) is 3.39. The normalized spacial score (nSPS) is 25.2. The van der Waals surface area contributed by atoms with Gasteiger partial charge in [-0.05, 0) is 31.0 Å². The molecule has 5 nitrogen and oxygen atoms in total. The van der Waals surface area contributed by atoms with Crippen LogP contribution in [0.4, 0.5) is 4.79 Å². The number of hydrogen-bond donors (Lipinski definition) is 1. The van der Waals surface area contributed by atoms with E-state index in [0.717, 1.165) is 12.7 Å². The number of likely N-dealkylation sites (tertiary alicyclic amines) is 1. The van der Waals surface area contributed by atoms with Gasteiger partial charge < -0.3 is 14.3 Å². The molecule has 6 heteroatoms. The lowest BCUT2D eigenvalue weighted by Gasteiger charge is -2.43. The molecule has 0 spiro atoms. The molecule has 0 aromatic heterocycles. The summed E-state index contributed by atoms with van der Waals surface area (Å²) in [4.78, 5) is 23.2. The quantitative estimate of drug-likeness (QED) is 0.640. The Labute approximate surface area is 116 Å². The summed E-state index contributed by atoms with van der Waals surface area (Å²) in [5.41, 5.74) is 0. The fraction of sp³-hybridized carbons (Fsp3) is 0.846. The van der Waals surface area contributed by atoms with Gasteiger partial charge in [-0.2, -0.15) is 0 Å². The van der Waals surface area contributed by atoms with Crippen molar-refractivity contribution < 1.29 is 19.1 Å². The number of hydrogen-bond acceptors (Lipinski definition) is 3. The topological polar surface area (TPSA) is 66.8 Å². The van der Waals surface area contributed by atoms with Crippen molar-refractivity contribution in [2.45, 2.75) is 63.9 Å². The summed E-state index contributed by atoms with van der Waals surface area (Å²) in [6, 6.07) is -0.517. The van der Waals surface area contributed by atoms with Crippen LogP contribution >= 0.6 is 0 Å². The second-order valence-corrected chi connectivity index (χ2v) is 11.5. The number of piperidine rings is 1. The Balaban J connectivity index is 2.73. The Hall–Kier alpha value is -0.883. The first-order chi connectivity index (χ1) is 8.58. The van der Waals surface area contributed by atoms with E-state index in [-0.39, 0.29) is 11.1 Å². The predicted octanol–water partition coefficient (Wildman–Crippen LogP) is 2.72. The molecule has 0 unspecified atom stereocenters. The van der Waals surface area contributed by atoms with Crippen molar-refractivity contribution in [3.63, 3.8) is 0 Å². The highest BCUT2D eigenvalue weighted by molar-refractivity contribution is 6.74. The van der Waals surface area contributed by atoms with E-state index in [4.69, 9.17) is 9.53 Å². The maximum absolute atomic E-state index is 11.2. The second-order valence-electron chi connectivity index (χ2n) is 6.72. The van der Waals surface area contributed by atoms with Crippen molar-refractivity contribution in [3.8, 4) is 0 Å². The first kappa shape index (κ1) is 16.2. The lowest BCUT2D eigenvalue weighted by atomic mass is 10.0. The molecular formula is C13H25NO4Si. The molecule has 0 aromatic rings. The van der Waals surface area contributed by atoms with Gasteiger partial charge in [-0.25, -0.2) is 4.79 Å². The summed E-state index contributed by atoms with van der Waals surface area (Å²) in [6.45, 7) is 11.1. The molecule has 1 N–H and O–H groups in total.